The van der Waals surface area contributed by atoms with E-state index >= 15 is 0 Å². The molecule has 0 radical (unpaired) electrons. The Kier molecular flexibility index (Phi) is 6.82. The molecule has 2 N–H and O–H groups in total. The van der Waals surface area contributed by atoms with E-state index in [1.165, 1.54) is 12.0 Å². The quantitative estimate of drug-likeness (QED) is 0.775. The highest BCUT2D eigenvalue weighted by Crippen LogP contribution is 2.30. The van der Waals surface area contributed by atoms with Crippen molar-refractivity contribution in [3.63, 3.8) is 0 Å². The monoisotopic (exact) mass is 390 g/mol. The molecule has 1 heterocycles. The van der Waals surface area contributed by atoms with Crippen LogP contribution in [-0.4, -0.2) is 61.1 Å². The van der Waals surface area contributed by atoms with Crippen molar-refractivity contribution in [3.05, 3.63) is 35.4 Å². The highest BCUT2D eigenvalue weighted by atomic mass is 16.5. The van der Waals surface area contributed by atoms with Gasteiger partial charge in [0.05, 0.1) is 13.2 Å². The van der Waals surface area contributed by atoms with Crippen LogP contribution in [0.15, 0.2) is 24.3 Å². The van der Waals surface area contributed by atoms with Gasteiger partial charge in [-0.25, -0.2) is 0 Å². The summed E-state index contributed by atoms with van der Waals surface area (Å²) < 4.78 is 5.07. The summed E-state index contributed by atoms with van der Waals surface area (Å²) in [5, 5.41) is 12.2. The molecule has 1 unspecified atom stereocenters. The van der Waals surface area contributed by atoms with Crippen LogP contribution in [0, 0.1) is 5.41 Å². The van der Waals surface area contributed by atoms with E-state index in [4.69, 9.17) is 4.74 Å². The number of rotatable bonds is 6. The molecular formula is C21H30N2O5. The summed E-state index contributed by atoms with van der Waals surface area (Å²) in [6, 6.07) is 7.31. The molecule has 0 aromatic heterocycles. The van der Waals surface area contributed by atoms with Crippen molar-refractivity contribution in [2.45, 2.75) is 39.0 Å². The fourth-order valence-corrected chi connectivity index (χ4v) is 3.47. The molecule has 1 aromatic rings. The maximum Gasteiger partial charge on any atom is 0.313 e. The van der Waals surface area contributed by atoms with Crippen LogP contribution in [-0.2, 0) is 19.7 Å². The van der Waals surface area contributed by atoms with Crippen LogP contribution in [0.3, 0.4) is 0 Å². The Morgan fingerprint density at radius 3 is 2.39 bits per heavy atom. The minimum atomic E-state index is -1.09. The smallest absolute Gasteiger partial charge is 0.313 e. The lowest BCUT2D eigenvalue weighted by molar-refractivity contribution is -0.158. The first kappa shape index (κ1) is 21.9. The van der Waals surface area contributed by atoms with Gasteiger partial charge in [0.2, 0.25) is 5.91 Å². The molecule has 28 heavy (non-hydrogen) atoms. The molecule has 1 saturated heterocycles. The Balaban J connectivity index is 1.95. The Hall–Kier alpha value is -2.41. The van der Waals surface area contributed by atoms with Gasteiger partial charge in [0.1, 0.15) is 5.41 Å². The Labute approximate surface area is 166 Å². The van der Waals surface area contributed by atoms with Gasteiger partial charge in [-0.15, -0.1) is 0 Å². The van der Waals surface area contributed by atoms with Crippen LogP contribution in [0.5, 0.6) is 0 Å². The highest BCUT2D eigenvalue weighted by Gasteiger charge is 2.43. The van der Waals surface area contributed by atoms with Gasteiger partial charge >= 0.3 is 5.97 Å². The molecule has 1 aliphatic rings. The average Bonchev–Trinajstić information content (AvgIpc) is 2.65. The highest BCUT2D eigenvalue weighted by molar-refractivity contribution is 5.96. The van der Waals surface area contributed by atoms with Crippen LogP contribution in [0.2, 0.25) is 0 Å². The van der Waals surface area contributed by atoms with Crippen molar-refractivity contribution >= 4 is 17.8 Å². The Morgan fingerprint density at radius 1 is 1.21 bits per heavy atom. The van der Waals surface area contributed by atoms with Crippen LogP contribution < -0.4 is 5.32 Å². The first-order valence-electron chi connectivity index (χ1n) is 9.48. The minimum Gasteiger partial charge on any atom is -0.481 e. The number of nitrogens with one attached hydrogen (secondary N) is 1. The summed E-state index contributed by atoms with van der Waals surface area (Å²) in [5.41, 5.74) is 0.517. The number of hydrogen-bond donors (Lipinski definition) is 2. The molecule has 1 aromatic carbocycles. The van der Waals surface area contributed by atoms with Gasteiger partial charge < -0.3 is 20.1 Å². The van der Waals surface area contributed by atoms with Gasteiger partial charge in [0.25, 0.3) is 5.91 Å². The Morgan fingerprint density at radius 2 is 1.86 bits per heavy atom. The van der Waals surface area contributed by atoms with E-state index in [1.807, 2.05) is 12.1 Å². The summed E-state index contributed by atoms with van der Waals surface area (Å²) in [6.45, 7) is 6.75. The lowest BCUT2D eigenvalue weighted by Crippen LogP contribution is -2.53. The summed E-state index contributed by atoms with van der Waals surface area (Å²) in [7, 11) is 1.45. The molecule has 0 bridgehead atoms. The third-order valence-corrected chi connectivity index (χ3v) is 5.22. The van der Waals surface area contributed by atoms with Crippen LogP contribution >= 0.6 is 0 Å². The molecule has 0 aliphatic carbocycles. The zero-order chi connectivity index (χ0) is 20.9. The number of methoxy groups -OCH3 is 1. The van der Waals surface area contributed by atoms with E-state index in [1.54, 1.807) is 12.1 Å². The topological polar surface area (TPSA) is 95.9 Å². The molecule has 2 amide bonds. The van der Waals surface area contributed by atoms with Gasteiger partial charge in [0, 0.05) is 25.8 Å². The number of carbonyl (C=O) groups excluding carboxylic acids is 2. The van der Waals surface area contributed by atoms with E-state index in [-0.39, 0.29) is 36.9 Å². The predicted octanol–water partition coefficient (Wildman–Crippen LogP) is 2.05. The number of benzene rings is 1. The molecule has 1 aliphatic heterocycles. The van der Waals surface area contributed by atoms with Crippen LogP contribution in [0.4, 0.5) is 0 Å². The molecule has 7 heteroatoms. The number of carboxylic acid groups (broad SMARTS) is 1. The van der Waals surface area contributed by atoms with Crippen LogP contribution in [0.1, 0.15) is 49.5 Å². The van der Waals surface area contributed by atoms with Gasteiger partial charge in [0.15, 0.2) is 0 Å². The fourth-order valence-electron chi connectivity index (χ4n) is 3.47. The Bertz CT molecular complexity index is 719. The molecular weight excluding hydrogens is 360 g/mol. The van der Waals surface area contributed by atoms with Crippen molar-refractivity contribution in [1.29, 1.82) is 0 Å². The van der Waals surface area contributed by atoms with Gasteiger partial charge in [-0.1, -0.05) is 32.9 Å². The number of likely N-dealkylation sites (tertiary alicyclic amines) is 1. The lowest BCUT2D eigenvalue weighted by atomic mass is 9.80. The minimum absolute atomic E-state index is 0.00191. The first-order chi connectivity index (χ1) is 13.1. The van der Waals surface area contributed by atoms with Gasteiger partial charge in [-0.3, -0.25) is 14.4 Å². The normalized spacial score (nSPS) is 19.9. The average molecular weight is 390 g/mol. The summed E-state index contributed by atoms with van der Waals surface area (Å²) in [4.78, 5) is 38.0. The van der Waals surface area contributed by atoms with Crippen molar-refractivity contribution in [2.75, 3.05) is 33.4 Å². The number of piperidine rings is 1. The zero-order valence-corrected chi connectivity index (χ0v) is 17.1. The third-order valence-electron chi connectivity index (χ3n) is 5.22. The van der Waals surface area contributed by atoms with Crippen molar-refractivity contribution in [2.24, 2.45) is 5.41 Å². The summed E-state index contributed by atoms with van der Waals surface area (Å²) in [6.07, 6.45) is 1.05. The predicted molar refractivity (Wildman–Crippen MR) is 105 cm³/mol. The van der Waals surface area contributed by atoms with Crippen LogP contribution in [0.25, 0.3) is 0 Å². The number of amides is 2. The number of carbonyl (C=O) groups is 3. The van der Waals surface area contributed by atoms with E-state index in [0.717, 1.165) is 5.56 Å². The maximum atomic E-state index is 12.5. The molecule has 1 fully saturated rings. The molecule has 1 atom stereocenters. The number of nitrogens with zero attached hydrogens (tertiary/aromatic N) is 1. The third kappa shape index (κ3) is 5.10. The standard InChI is InChI=1S/C21H30N2O5/c1-20(2,3)16-8-6-15(7-9-16)18(25)22-12-17(24)23-11-5-10-21(13-23,14-28-4)19(26)27/h6-9H,5,10-14H2,1-4H3,(H,22,25)(H,26,27). The zero-order valence-electron chi connectivity index (χ0n) is 17.1. The summed E-state index contributed by atoms with van der Waals surface area (Å²) >= 11 is 0. The van der Waals surface area contributed by atoms with E-state index in [2.05, 4.69) is 26.1 Å². The second-order valence-corrected chi connectivity index (χ2v) is 8.45. The van der Waals surface area contributed by atoms with E-state index in [0.29, 0.717) is 24.9 Å². The number of ether oxygens (including phenoxy) is 1. The number of carboxylic acids is 1. The largest absolute Gasteiger partial charge is 0.481 e. The fraction of sp³-hybridized carbons (Fsp3) is 0.571. The molecule has 0 saturated carbocycles. The molecule has 7 nitrogen and oxygen atoms in total. The lowest BCUT2D eigenvalue weighted by Gasteiger charge is -2.39. The van der Waals surface area contributed by atoms with Crippen molar-refractivity contribution in [1.82, 2.24) is 10.2 Å². The summed E-state index contributed by atoms with van der Waals surface area (Å²) in [5.74, 6) is -1.58. The first-order valence-corrected chi connectivity index (χ1v) is 9.48. The number of hydrogen-bond acceptors (Lipinski definition) is 4. The van der Waals surface area contributed by atoms with Crippen molar-refractivity contribution in [3.8, 4) is 0 Å². The second-order valence-electron chi connectivity index (χ2n) is 8.45. The van der Waals surface area contributed by atoms with Gasteiger partial charge in [-0.05, 0) is 36.0 Å². The number of aliphatic carboxylic acids is 1. The maximum absolute atomic E-state index is 12.5. The molecule has 154 valence electrons. The second kappa shape index (κ2) is 8.73. The molecule has 0 spiro atoms. The SMILES string of the molecule is COCC1(C(=O)O)CCCN(C(=O)CNC(=O)c2ccc(C(C)(C)C)cc2)C1. The van der Waals surface area contributed by atoms with Crippen molar-refractivity contribution < 1.29 is 24.2 Å². The van der Waals surface area contributed by atoms with Gasteiger partial charge in [-0.2, -0.15) is 0 Å². The van der Waals surface area contributed by atoms with E-state index < -0.39 is 11.4 Å². The molecule has 2 rings (SSSR count). The van der Waals surface area contributed by atoms with E-state index in [9.17, 15) is 19.5 Å².